The Labute approximate surface area is 158 Å². The van der Waals surface area contributed by atoms with Gasteiger partial charge in [0.05, 0.1) is 10.6 Å². The Balaban J connectivity index is 0.00000196. The van der Waals surface area contributed by atoms with Crippen LogP contribution in [0.4, 0.5) is 5.82 Å². The molecule has 0 amide bonds. The molecule has 7 nitrogen and oxygen atoms in total. The van der Waals surface area contributed by atoms with E-state index in [4.69, 9.17) is 0 Å². The molecular formula is C17H20ClN5O2S. The van der Waals surface area contributed by atoms with Crippen molar-refractivity contribution in [2.24, 2.45) is 0 Å². The standard InChI is InChI=1S/C17H19N5O2S.ClH/c1-18-16-15(25(23,24)13-6-4-3-5-7-13)17-19-14-8-9-21(2)10-12(14)11-22(17)20-16;/h3-7,11H,8-10H2,1-2H3,(H,18,20);1H. The fourth-order valence-corrected chi connectivity index (χ4v) is 4.70. The molecule has 0 radical (unpaired) electrons. The highest BCUT2D eigenvalue weighted by Crippen LogP contribution is 2.31. The molecule has 0 spiro atoms. The van der Waals surface area contributed by atoms with Crippen LogP contribution in [0.5, 0.6) is 0 Å². The van der Waals surface area contributed by atoms with E-state index in [2.05, 4.69) is 27.3 Å². The van der Waals surface area contributed by atoms with E-state index in [0.29, 0.717) is 11.5 Å². The van der Waals surface area contributed by atoms with Crippen LogP contribution in [0.3, 0.4) is 0 Å². The van der Waals surface area contributed by atoms with Crippen LogP contribution in [0.2, 0.25) is 0 Å². The predicted molar refractivity (Wildman–Crippen MR) is 102 cm³/mol. The number of hydrogen-bond acceptors (Lipinski definition) is 6. The lowest BCUT2D eigenvalue weighted by atomic mass is 10.1. The van der Waals surface area contributed by atoms with Gasteiger partial charge >= 0.3 is 0 Å². The Morgan fingerprint density at radius 1 is 1.19 bits per heavy atom. The molecule has 0 saturated heterocycles. The van der Waals surface area contributed by atoms with Crippen molar-refractivity contribution in [2.45, 2.75) is 22.8 Å². The summed E-state index contributed by atoms with van der Waals surface area (Å²) in [6.07, 6.45) is 2.69. The normalized spacial score (nSPS) is 14.7. The van der Waals surface area contributed by atoms with Gasteiger partial charge in [0.25, 0.3) is 0 Å². The number of aromatic nitrogens is 3. The van der Waals surface area contributed by atoms with Crippen LogP contribution in [0, 0.1) is 0 Å². The monoisotopic (exact) mass is 393 g/mol. The van der Waals surface area contributed by atoms with Crippen LogP contribution in [0.15, 0.2) is 46.3 Å². The van der Waals surface area contributed by atoms with Crippen molar-refractivity contribution < 1.29 is 8.42 Å². The third-order valence-electron chi connectivity index (χ3n) is 4.46. The highest BCUT2D eigenvalue weighted by molar-refractivity contribution is 7.91. The highest BCUT2D eigenvalue weighted by atomic mass is 35.5. The third kappa shape index (κ3) is 2.94. The van der Waals surface area contributed by atoms with Crippen LogP contribution >= 0.6 is 12.4 Å². The van der Waals surface area contributed by atoms with E-state index < -0.39 is 9.84 Å². The quantitative estimate of drug-likeness (QED) is 0.733. The molecule has 4 rings (SSSR count). The van der Waals surface area contributed by atoms with Crippen LogP contribution in [-0.2, 0) is 22.8 Å². The molecule has 138 valence electrons. The Morgan fingerprint density at radius 2 is 1.92 bits per heavy atom. The van der Waals surface area contributed by atoms with Crippen LogP contribution < -0.4 is 5.32 Å². The fraction of sp³-hybridized carbons (Fsp3) is 0.294. The maximum absolute atomic E-state index is 13.2. The number of benzene rings is 1. The van der Waals surface area contributed by atoms with E-state index in [0.717, 1.165) is 30.8 Å². The van der Waals surface area contributed by atoms with Crippen molar-refractivity contribution in [1.82, 2.24) is 19.5 Å². The van der Waals surface area contributed by atoms with Gasteiger partial charge in [-0.15, -0.1) is 17.5 Å². The molecule has 0 unspecified atom stereocenters. The Bertz CT molecular complexity index is 1050. The maximum atomic E-state index is 13.2. The zero-order valence-electron chi connectivity index (χ0n) is 14.5. The molecule has 1 N–H and O–H groups in total. The summed E-state index contributed by atoms with van der Waals surface area (Å²) in [4.78, 5) is 7.24. The van der Waals surface area contributed by atoms with Crippen molar-refractivity contribution in [3.63, 3.8) is 0 Å². The number of fused-ring (bicyclic) bond motifs is 2. The summed E-state index contributed by atoms with van der Waals surface area (Å²) in [5, 5.41) is 7.30. The first-order chi connectivity index (χ1) is 12.0. The molecule has 9 heteroatoms. The predicted octanol–water partition coefficient (Wildman–Crippen LogP) is 2.01. The van der Waals surface area contributed by atoms with Gasteiger partial charge in [0.2, 0.25) is 9.84 Å². The van der Waals surface area contributed by atoms with Gasteiger partial charge in [-0.3, -0.25) is 0 Å². The summed E-state index contributed by atoms with van der Waals surface area (Å²) in [7, 11) is 0.00118. The van der Waals surface area contributed by atoms with E-state index in [9.17, 15) is 8.42 Å². The number of rotatable bonds is 3. The van der Waals surface area contributed by atoms with Crippen molar-refractivity contribution in [3.8, 4) is 0 Å². The lowest BCUT2D eigenvalue weighted by Crippen LogP contribution is -2.27. The Morgan fingerprint density at radius 3 is 2.62 bits per heavy atom. The first-order valence-corrected chi connectivity index (χ1v) is 9.56. The van der Waals surface area contributed by atoms with Gasteiger partial charge < -0.3 is 10.2 Å². The first kappa shape index (κ1) is 18.6. The largest absolute Gasteiger partial charge is 0.370 e. The number of nitrogens with zero attached hydrogens (tertiary/aromatic N) is 4. The average molecular weight is 394 g/mol. The molecule has 0 fully saturated rings. The van der Waals surface area contributed by atoms with E-state index in [1.54, 1.807) is 41.9 Å². The summed E-state index contributed by atoms with van der Waals surface area (Å²) in [5.74, 6) is 0.312. The molecule has 3 heterocycles. The van der Waals surface area contributed by atoms with Gasteiger partial charge in [0.1, 0.15) is 0 Å². The van der Waals surface area contributed by atoms with Gasteiger partial charge in [-0.2, -0.15) is 0 Å². The van der Waals surface area contributed by atoms with Gasteiger partial charge in [0.15, 0.2) is 16.4 Å². The molecule has 1 aliphatic rings. The molecular weight excluding hydrogens is 374 g/mol. The molecule has 0 atom stereocenters. The molecule has 0 saturated carbocycles. The second-order valence-electron chi connectivity index (χ2n) is 6.21. The van der Waals surface area contributed by atoms with Crippen LogP contribution in [0.1, 0.15) is 11.3 Å². The number of halogens is 1. The molecule has 26 heavy (non-hydrogen) atoms. The number of anilines is 1. The molecule has 3 aromatic rings. The van der Waals surface area contributed by atoms with Crippen LogP contribution in [-0.4, -0.2) is 48.6 Å². The lowest BCUT2D eigenvalue weighted by molar-refractivity contribution is 0.309. The van der Waals surface area contributed by atoms with Gasteiger partial charge in [0, 0.05) is 38.3 Å². The minimum Gasteiger partial charge on any atom is -0.370 e. The summed E-state index contributed by atoms with van der Waals surface area (Å²) in [6, 6.07) is 8.39. The van der Waals surface area contributed by atoms with Crippen molar-refractivity contribution in [1.29, 1.82) is 0 Å². The van der Waals surface area contributed by atoms with Crippen molar-refractivity contribution in [3.05, 3.63) is 47.8 Å². The van der Waals surface area contributed by atoms with Crippen molar-refractivity contribution >= 4 is 33.7 Å². The van der Waals surface area contributed by atoms with Gasteiger partial charge in [-0.05, 0) is 19.2 Å². The van der Waals surface area contributed by atoms with E-state index in [1.165, 1.54) is 0 Å². The maximum Gasteiger partial charge on any atom is 0.214 e. The number of hydrogen-bond donors (Lipinski definition) is 1. The highest BCUT2D eigenvalue weighted by Gasteiger charge is 2.29. The topological polar surface area (TPSA) is 79.6 Å². The molecule has 2 aromatic heterocycles. The van der Waals surface area contributed by atoms with Crippen LogP contribution in [0.25, 0.3) is 5.65 Å². The molecule has 0 aliphatic carbocycles. The lowest BCUT2D eigenvalue weighted by Gasteiger charge is -2.23. The summed E-state index contributed by atoms with van der Waals surface area (Å²) < 4.78 is 27.9. The number of likely N-dealkylation sites (N-methyl/N-ethyl adjacent to an activating group) is 1. The van der Waals surface area contributed by atoms with Crippen molar-refractivity contribution in [2.75, 3.05) is 26.0 Å². The minimum absolute atomic E-state index is 0. The number of sulfone groups is 1. The first-order valence-electron chi connectivity index (χ1n) is 8.08. The Hall–Kier alpha value is -2.16. The SMILES string of the molecule is CNc1nn2cc3c(nc2c1S(=O)(=O)c1ccccc1)CCN(C)C3.Cl. The smallest absolute Gasteiger partial charge is 0.214 e. The van der Waals surface area contributed by atoms with E-state index >= 15 is 0 Å². The van der Waals surface area contributed by atoms with E-state index in [-0.39, 0.29) is 22.2 Å². The summed E-state index contributed by atoms with van der Waals surface area (Å²) in [6.45, 7) is 1.69. The summed E-state index contributed by atoms with van der Waals surface area (Å²) in [5.41, 5.74) is 2.39. The zero-order valence-corrected chi connectivity index (χ0v) is 16.1. The molecule has 1 aromatic carbocycles. The third-order valence-corrected chi connectivity index (χ3v) is 6.27. The van der Waals surface area contributed by atoms with Gasteiger partial charge in [-0.1, -0.05) is 18.2 Å². The Kier molecular flexibility index (Phi) is 4.92. The minimum atomic E-state index is -3.72. The second-order valence-corrected chi connectivity index (χ2v) is 8.10. The number of nitrogens with one attached hydrogen (secondary N) is 1. The molecule has 0 bridgehead atoms. The van der Waals surface area contributed by atoms with E-state index in [1.807, 2.05) is 6.20 Å². The summed E-state index contributed by atoms with van der Waals surface area (Å²) >= 11 is 0. The van der Waals surface area contributed by atoms with Gasteiger partial charge in [-0.25, -0.2) is 17.9 Å². The second kappa shape index (κ2) is 6.86. The fourth-order valence-electron chi connectivity index (χ4n) is 3.17. The zero-order chi connectivity index (χ0) is 17.6. The molecule has 1 aliphatic heterocycles. The average Bonchev–Trinajstić information content (AvgIpc) is 2.98.